The van der Waals surface area contributed by atoms with E-state index in [0.29, 0.717) is 5.69 Å². The predicted octanol–water partition coefficient (Wildman–Crippen LogP) is 0.674. The summed E-state index contributed by atoms with van der Waals surface area (Å²) < 4.78 is 4.85. The third-order valence-electron chi connectivity index (χ3n) is 3.55. The number of hydrogen-bond donors (Lipinski definition) is 1. The molecule has 0 spiro atoms. The fourth-order valence-electron chi connectivity index (χ4n) is 2.14. The van der Waals surface area contributed by atoms with E-state index in [1.54, 1.807) is 18.2 Å². The first-order chi connectivity index (χ1) is 10.9. The van der Waals surface area contributed by atoms with Crippen molar-refractivity contribution in [2.24, 2.45) is 0 Å². The Labute approximate surface area is 133 Å². The number of nitrogens with zero attached hydrogens (tertiary/aromatic N) is 1. The Bertz CT molecular complexity index is 656. The highest BCUT2D eigenvalue weighted by Crippen LogP contribution is 2.28. The second kappa shape index (κ2) is 7.04. The molecule has 1 atom stereocenters. The van der Waals surface area contributed by atoms with Crippen LogP contribution in [0.25, 0.3) is 0 Å². The smallest absolute Gasteiger partial charge is 0.326 e. The number of anilines is 1. The van der Waals surface area contributed by atoms with E-state index in [4.69, 9.17) is 4.74 Å². The van der Waals surface area contributed by atoms with Crippen LogP contribution in [0.4, 0.5) is 5.69 Å². The summed E-state index contributed by atoms with van der Waals surface area (Å²) >= 11 is 0. The van der Waals surface area contributed by atoms with Gasteiger partial charge in [-0.15, -0.1) is 0 Å². The minimum Gasteiger partial charge on any atom is -0.454 e. The van der Waals surface area contributed by atoms with Gasteiger partial charge in [-0.25, -0.2) is 0 Å². The van der Waals surface area contributed by atoms with Crippen molar-refractivity contribution in [2.45, 2.75) is 26.3 Å². The Hall–Kier alpha value is -2.70. The Balaban J connectivity index is 1.92. The molecule has 1 aliphatic heterocycles. The second-order valence-corrected chi connectivity index (χ2v) is 5.28. The lowest BCUT2D eigenvalue weighted by Gasteiger charge is -2.16. The summed E-state index contributed by atoms with van der Waals surface area (Å²) in [6.45, 7) is 2.94. The van der Waals surface area contributed by atoms with Gasteiger partial charge in [0.25, 0.3) is 17.6 Å². The van der Waals surface area contributed by atoms with E-state index >= 15 is 0 Å². The van der Waals surface area contributed by atoms with Crippen molar-refractivity contribution in [3.05, 3.63) is 29.8 Å². The average Bonchev–Trinajstić information content (AvgIpc) is 2.78. The summed E-state index contributed by atoms with van der Waals surface area (Å²) in [4.78, 5) is 48.1. The lowest BCUT2D eigenvalue weighted by molar-refractivity contribution is -0.147. The van der Waals surface area contributed by atoms with Gasteiger partial charge in [0.2, 0.25) is 0 Å². The Morgan fingerprint density at radius 3 is 2.65 bits per heavy atom. The molecule has 0 bridgehead atoms. The Morgan fingerprint density at radius 2 is 1.96 bits per heavy atom. The Morgan fingerprint density at radius 1 is 1.26 bits per heavy atom. The average molecular weight is 318 g/mol. The van der Waals surface area contributed by atoms with Gasteiger partial charge in [0, 0.05) is 6.04 Å². The van der Waals surface area contributed by atoms with Crippen LogP contribution in [0.2, 0.25) is 0 Å². The summed E-state index contributed by atoms with van der Waals surface area (Å²) in [5, 5.41) is 2.66. The van der Waals surface area contributed by atoms with Crippen molar-refractivity contribution in [3.63, 3.8) is 0 Å². The van der Waals surface area contributed by atoms with Crippen LogP contribution in [0.3, 0.4) is 0 Å². The summed E-state index contributed by atoms with van der Waals surface area (Å²) in [6, 6.07) is 6.42. The van der Waals surface area contributed by atoms with Crippen LogP contribution in [-0.2, 0) is 19.1 Å². The molecule has 7 nitrogen and oxygen atoms in total. The van der Waals surface area contributed by atoms with E-state index in [9.17, 15) is 19.2 Å². The fraction of sp³-hybridized carbons (Fsp3) is 0.375. The number of benzene rings is 1. The minimum atomic E-state index is -0.771. The SMILES string of the molecule is CC[C@@H](C)NC(=O)COC(=O)CN1C(=O)C(=O)c2ccccc21. The van der Waals surface area contributed by atoms with E-state index in [0.717, 1.165) is 11.3 Å². The number of ether oxygens (including phenoxy) is 1. The summed E-state index contributed by atoms with van der Waals surface area (Å²) in [5.74, 6) is -2.57. The number of esters is 1. The number of hydrogen-bond acceptors (Lipinski definition) is 5. The number of ketones is 1. The first-order valence-electron chi connectivity index (χ1n) is 7.34. The molecule has 0 fully saturated rings. The number of rotatable bonds is 6. The summed E-state index contributed by atoms with van der Waals surface area (Å²) in [5.41, 5.74) is 0.642. The molecule has 0 aliphatic carbocycles. The van der Waals surface area contributed by atoms with Crippen LogP contribution < -0.4 is 10.2 Å². The van der Waals surface area contributed by atoms with Crippen molar-refractivity contribution < 1.29 is 23.9 Å². The maximum absolute atomic E-state index is 11.9. The highest BCUT2D eigenvalue weighted by Gasteiger charge is 2.36. The van der Waals surface area contributed by atoms with Crippen LogP contribution in [0.5, 0.6) is 0 Å². The molecule has 0 saturated heterocycles. The van der Waals surface area contributed by atoms with Gasteiger partial charge in [0.05, 0.1) is 11.3 Å². The van der Waals surface area contributed by atoms with Gasteiger partial charge in [0.1, 0.15) is 6.54 Å². The molecule has 1 heterocycles. The fourth-order valence-corrected chi connectivity index (χ4v) is 2.14. The van der Waals surface area contributed by atoms with Crippen LogP contribution in [0.15, 0.2) is 24.3 Å². The van der Waals surface area contributed by atoms with E-state index in [2.05, 4.69) is 5.32 Å². The minimum absolute atomic E-state index is 0.00846. The zero-order valence-corrected chi connectivity index (χ0v) is 13.0. The van der Waals surface area contributed by atoms with Crippen LogP contribution >= 0.6 is 0 Å². The molecule has 0 radical (unpaired) electrons. The molecule has 2 amide bonds. The van der Waals surface area contributed by atoms with Crippen LogP contribution in [0, 0.1) is 0 Å². The third kappa shape index (κ3) is 3.74. The number of amides is 2. The van der Waals surface area contributed by atoms with Crippen LogP contribution in [-0.4, -0.2) is 42.8 Å². The van der Waals surface area contributed by atoms with Gasteiger partial charge >= 0.3 is 5.97 Å². The molecule has 0 saturated carbocycles. The number of carbonyl (C=O) groups excluding carboxylic acids is 4. The maximum atomic E-state index is 11.9. The number of para-hydroxylation sites is 1. The molecule has 122 valence electrons. The quantitative estimate of drug-likeness (QED) is 0.615. The van der Waals surface area contributed by atoms with Crippen molar-refractivity contribution in [3.8, 4) is 0 Å². The van der Waals surface area contributed by atoms with E-state index < -0.39 is 36.7 Å². The molecule has 1 aromatic carbocycles. The van der Waals surface area contributed by atoms with Crippen molar-refractivity contribution in [1.82, 2.24) is 5.32 Å². The van der Waals surface area contributed by atoms with E-state index in [1.165, 1.54) is 6.07 Å². The van der Waals surface area contributed by atoms with E-state index in [1.807, 2.05) is 13.8 Å². The maximum Gasteiger partial charge on any atom is 0.326 e. The standard InChI is InChI=1S/C16H18N2O5/c1-3-10(2)17-13(19)9-23-14(20)8-18-12-7-5-4-6-11(12)15(21)16(18)22/h4-7,10H,3,8-9H2,1-2H3,(H,17,19)/t10-/m1/s1. The summed E-state index contributed by atoms with van der Waals surface area (Å²) in [7, 11) is 0. The molecule has 2 rings (SSSR count). The molecule has 1 N–H and O–H groups in total. The van der Waals surface area contributed by atoms with Gasteiger partial charge in [0.15, 0.2) is 6.61 Å². The molecular weight excluding hydrogens is 300 g/mol. The van der Waals surface area contributed by atoms with Gasteiger partial charge in [-0.3, -0.25) is 24.1 Å². The highest BCUT2D eigenvalue weighted by molar-refractivity contribution is 6.52. The predicted molar refractivity (Wildman–Crippen MR) is 82.0 cm³/mol. The number of fused-ring (bicyclic) bond motifs is 1. The molecule has 7 heteroatoms. The molecule has 1 aromatic rings. The second-order valence-electron chi connectivity index (χ2n) is 5.28. The normalized spacial score (nSPS) is 14.4. The first-order valence-corrected chi connectivity index (χ1v) is 7.34. The molecule has 23 heavy (non-hydrogen) atoms. The van der Waals surface area contributed by atoms with E-state index in [-0.39, 0.29) is 11.6 Å². The van der Waals surface area contributed by atoms with Crippen LogP contribution in [0.1, 0.15) is 30.6 Å². The Kier molecular flexibility index (Phi) is 5.10. The molecule has 0 unspecified atom stereocenters. The number of nitrogens with one attached hydrogen (secondary N) is 1. The monoisotopic (exact) mass is 318 g/mol. The molecule has 1 aliphatic rings. The third-order valence-corrected chi connectivity index (χ3v) is 3.55. The summed E-state index contributed by atoms with van der Waals surface area (Å²) in [6.07, 6.45) is 0.765. The van der Waals surface area contributed by atoms with Crippen molar-refractivity contribution in [2.75, 3.05) is 18.1 Å². The first kappa shape index (κ1) is 16.7. The van der Waals surface area contributed by atoms with Crippen molar-refractivity contribution >= 4 is 29.3 Å². The zero-order chi connectivity index (χ0) is 17.0. The zero-order valence-electron chi connectivity index (χ0n) is 13.0. The lowest BCUT2D eigenvalue weighted by Crippen LogP contribution is -2.38. The topological polar surface area (TPSA) is 92.8 Å². The van der Waals surface area contributed by atoms with Gasteiger partial charge in [-0.1, -0.05) is 19.1 Å². The van der Waals surface area contributed by atoms with Gasteiger partial charge in [-0.2, -0.15) is 0 Å². The number of carbonyl (C=O) groups is 4. The largest absolute Gasteiger partial charge is 0.454 e. The highest BCUT2D eigenvalue weighted by atomic mass is 16.5. The van der Waals surface area contributed by atoms with Gasteiger partial charge < -0.3 is 10.1 Å². The lowest BCUT2D eigenvalue weighted by atomic mass is 10.1. The van der Waals surface area contributed by atoms with Gasteiger partial charge in [-0.05, 0) is 25.5 Å². The molecular formula is C16H18N2O5. The molecule has 0 aromatic heterocycles. The van der Waals surface area contributed by atoms with Crippen molar-refractivity contribution in [1.29, 1.82) is 0 Å². The number of Topliss-reactive ketones (excluding diaryl/α,β-unsaturated/α-hetero) is 1.